The second-order valence-corrected chi connectivity index (χ2v) is 5.24. The molecule has 0 atom stereocenters. The molecule has 0 fully saturated rings. The van der Waals surface area contributed by atoms with Crippen molar-refractivity contribution < 1.29 is 4.74 Å². The summed E-state index contributed by atoms with van der Waals surface area (Å²) in [6.45, 7) is 11.2. The number of hydrogen-bond donors (Lipinski definition) is 1. The molecule has 0 aliphatic rings. The van der Waals surface area contributed by atoms with Gasteiger partial charge < -0.3 is 14.6 Å². The fourth-order valence-corrected chi connectivity index (χ4v) is 1.71. The number of aryl methyl sites for hydroxylation is 1. The van der Waals surface area contributed by atoms with E-state index in [-0.39, 0.29) is 0 Å². The zero-order valence-corrected chi connectivity index (χ0v) is 12.1. The summed E-state index contributed by atoms with van der Waals surface area (Å²) in [5, 5.41) is 3.42. The van der Waals surface area contributed by atoms with Crippen molar-refractivity contribution in [1.29, 1.82) is 0 Å². The minimum atomic E-state index is 0.337. The van der Waals surface area contributed by atoms with E-state index in [0.29, 0.717) is 12.1 Å². The Morgan fingerprint density at radius 1 is 1.28 bits per heavy atom. The maximum Gasteiger partial charge on any atom is 0.0948 e. The van der Waals surface area contributed by atoms with Crippen LogP contribution in [0.2, 0.25) is 0 Å². The van der Waals surface area contributed by atoms with Crippen molar-refractivity contribution in [1.82, 2.24) is 14.9 Å². The van der Waals surface area contributed by atoms with Crippen LogP contribution >= 0.6 is 0 Å². The van der Waals surface area contributed by atoms with Crippen LogP contribution in [0.4, 0.5) is 0 Å². The molecule has 1 N–H and O–H groups in total. The minimum absolute atomic E-state index is 0.337. The Bertz CT molecular complexity index is 321. The first-order valence-electron chi connectivity index (χ1n) is 6.93. The third-order valence-corrected chi connectivity index (χ3v) is 2.73. The number of nitrogens with one attached hydrogen (secondary N) is 1. The number of nitrogens with zero attached hydrogens (tertiary/aromatic N) is 2. The summed E-state index contributed by atoms with van der Waals surface area (Å²) < 4.78 is 7.76. The summed E-state index contributed by atoms with van der Waals surface area (Å²) in [4.78, 5) is 4.22. The van der Waals surface area contributed by atoms with Gasteiger partial charge in [-0.05, 0) is 26.7 Å². The SMILES string of the molecule is CC(C)NCc1cncn1CCCCOC(C)C. The molecule has 1 aromatic rings. The van der Waals surface area contributed by atoms with Crippen molar-refractivity contribution in [2.24, 2.45) is 0 Å². The van der Waals surface area contributed by atoms with E-state index in [1.54, 1.807) is 0 Å². The summed E-state index contributed by atoms with van der Waals surface area (Å²) in [5.41, 5.74) is 1.26. The Hall–Kier alpha value is -0.870. The van der Waals surface area contributed by atoms with Gasteiger partial charge in [-0.15, -0.1) is 0 Å². The molecule has 0 aliphatic heterocycles. The van der Waals surface area contributed by atoms with Gasteiger partial charge in [0.1, 0.15) is 0 Å². The topological polar surface area (TPSA) is 39.1 Å². The third-order valence-electron chi connectivity index (χ3n) is 2.73. The Kier molecular flexibility index (Phi) is 6.98. The highest BCUT2D eigenvalue weighted by molar-refractivity contribution is 4.98. The van der Waals surface area contributed by atoms with Gasteiger partial charge in [-0.25, -0.2) is 4.98 Å². The first-order chi connectivity index (χ1) is 8.59. The molecule has 0 aromatic carbocycles. The lowest BCUT2D eigenvalue weighted by atomic mass is 10.3. The average molecular weight is 253 g/mol. The Balaban J connectivity index is 2.23. The summed E-state index contributed by atoms with van der Waals surface area (Å²) in [6, 6.07) is 0.507. The van der Waals surface area contributed by atoms with Crippen LogP contribution in [0.25, 0.3) is 0 Å². The smallest absolute Gasteiger partial charge is 0.0948 e. The van der Waals surface area contributed by atoms with Gasteiger partial charge >= 0.3 is 0 Å². The molecule has 0 bridgehead atoms. The summed E-state index contributed by atoms with van der Waals surface area (Å²) >= 11 is 0. The van der Waals surface area contributed by atoms with Crippen LogP contribution in [0.1, 0.15) is 46.2 Å². The van der Waals surface area contributed by atoms with Crippen molar-refractivity contribution in [3.63, 3.8) is 0 Å². The maximum atomic E-state index is 5.53. The monoisotopic (exact) mass is 253 g/mol. The molecule has 4 nitrogen and oxygen atoms in total. The minimum Gasteiger partial charge on any atom is -0.379 e. The van der Waals surface area contributed by atoms with Crippen molar-refractivity contribution in [3.8, 4) is 0 Å². The van der Waals surface area contributed by atoms with E-state index < -0.39 is 0 Å². The largest absolute Gasteiger partial charge is 0.379 e. The molecule has 1 heterocycles. The lowest BCUT2D eigenvalue weighted by Gasteiger charge is -2.11. The molecule has 1 rings (SSSR count). The third kappa shape index (κ3) is 6.17. The van der Waals surface area contributed by atoms with Crippen LogP contribution in [-0.4, -0.2) is 28.3 Å². The van der Waals surface area contributed by atoms with Gasteiger partial charge in [-0.2, -0.15) is 0 Å². The van der Waals surface area contributed by atoms with Crippen LogP contribution < -0.4 is 5.32 Å². The normalized spacial score (nSPS) is 11.7. The molecule has 0 spiro atoms. The predicted octanol–water partition coefficient (Wildman–Crippen LogP) is 2.59. The van der Waals surface area contributed by atoms with Crippen LogP contribution in [0.5, 0.6) is 0 Å². The van der Waals surface area contributed by atoms with E-state index in [4.69, 9.17) is 4.74 Å². The molecule has 4 heteroatoms. The van der Waals surface area contributed by atoms with Crippen molar-refractivity contribution >= 4 is 0 Å². The molecule has 0 saturated heterocycles. The highest BCUT2D eigenvalue weighted by Gasteiger charge is 2.02. The maximum absolute atomic E-state index is 5.53. The van der Waals surface area contributed by atoms with E-state index in [9.17, 15) is 0 Å². The molecule has 18 heavy (non-hydrogen) atoms. The molecule has 0 unspecified atom stereocenters. The second kappa shape index (κ2) is 8.27. The van der Waals surface area contributed by atoms with Gasteiger partial charge in [0.15, 0.2) is 0 Å². The fourth-order valence-electron chi connectivity index (χ4n) is 1.71. The van der Waals surface area contributed by atoms with Crippen LogP contribution in [0.15, 0.2) is 12.5 Å². The van der Waals surface area contributed by atoms with Gasteiger partial charge in [0.2, 0.25) is 0 Å². The van der Waals surface area contributed by atoms with Gasteiger partial charge in [-0.1, -0.05) is 13.8 Å². The highest BCUT2D eigenvalue weighted by Crippen LogP contribution is 2.03. The molecular formula is C14H27N3O. The van der Waals surface area contributed by atoms with Crippen molar-refractivity contribution in [3.05, 3.63) is 18.2 Å². The molecule has 0 radical (unpaired) electrons. The van der Waals surface area contributed by atoms with Crippen molar-refractivity contribution in [2.45, 2.75) is 65.8 Å². The second-order valence-electron chi connectivity index (χ2n) is 5.24. The zero-order chi connectivity index (χ0) is 13.4. The van der Waals surface area contributed by atoms with E-state index in [1.807, 2.05) is 12.5 Å². The lowest BCUT2D eigenvalue weighted by Crippen LogP contribution is -2.23. The van der Waals surface area contributed by atoms with Gasteiger partial charge in [0, 0.05) is 31.9 Å². The van der Waals surface area contributed by atoms with E-state index in [0.717, 1.165) is 32.5 Å². The van der Waals surface area contributed by atoms with E-state index in [1.165, 1.54) is 5.69 Å². The summed E-state index contributed by atoms with van der Waals surface area (Å²) in [6.07, 6.45) is 6.44. The Morgan fingerprint density at radius 3 is 2.72 bits per heavy atom. The quantitative estimate of drug-likeness (QED) is 0.688. The van der Waals surface area contributed by atoms with Gasteiger partial charge in [0.05, 0.1) is 18.1 Å². The van der Waals surface area contributed by atoms with E-state index >= 15 is 0 Å². The van der Waals surface area contributed by atoms with Crippen LogP contribution in [0, 0.1) is 0 Å². The van der Waals surface area contributed by atoms with Gasteiger partial charge in [-0.3, -0.25) is 0 Å². The molecule has 0 saturated carbocycles. The number of ether oxygens (including phenoxy) is 1. The van der Waals surface area contributed by atoms with Crippen LogP contribution in [-0.2, 0) is 17.8 Å². The molecular weight excluding hydrogens is 226 g/mol. The first-order valence-corrected chi connectivity index (χ1v) is 6.93. The summed E-state index contributed by atoms with van der Waals surface area (Å²) in [7, 11) is 0. The number of rotatable bonds is 9. The lowest BCUT2D eigenvalue weighted by molar-refractivity contribution is 0.0754. The molecule has 104 valence electrons. The highest BCUT2D eigenvalue weighted by atomic mass is 16.5. The molecule has 0 aliphatic carbocycles. The van der Waals surface area contributed by atoms with Gasteiger partial charge in [0.25, 0.3) is 0 Å². The average Bonchev–Trinajstić information content (AvgIpc) is 2.73. The number of unbranched alkanes of at least 4 members (excludes halogenated alkanes) is 1. The number of aromatic nitrogens is 2. The zero-order valence-electron chi connectivity index (χ0n) is 12.1. The summed E-state index contributed by atoms with van der Waals surface area (Å²) in [5.74, 6) is 0. The fraction of sp³-hybridized carbons (Fsp3) is 0.786. The number of hydrogen-bond acceptors (Lipinski definition) is 3. The Labute approximate surface area is 111 Å². The predicted molar refractivity (Wildman–Crippen MR) is 74.5 cm³/mol. The standard InChI is InChI=1S/C14H27N3O/c1-12(2)16-10-14-9-15-11-17(14)7-5-6-8-18-13(3)4/h9,11-13,16H,5-8,10H2,1-4H3. The molecule has 0 amide bonds. The number of imidazole rings is 1. The van der Waals surface area contributed by atoms with Crippen LogP contribution in [0.3, 0.4) is 0 Å². The van der Waals surface area contributed by atoms with Crippen molar-refractivity contribution in [2.75, 3.05) is 6.61 Å². The first kappa shape index (κ1) is 15.2. The van der Waals surface area contributed by atoms with E-state index in [2.05, 4.69) is 42.6 Å². The molecule has 1 aromatic heterocycles. The Morgan fingerprint density at radius 2 is 2.06 bits per heavy atom.